The normalized spacial score (nSPS) is 22.2. The van der Waals surface area contributed by atoms with E-state index in [1.807, 2.05) is 25.7 Å². The summed E-state index contributed by atoms with van der Waals surface area (Å²) in [6, 6.07) is 2.14. The molecule has 0 spiro atoms. The van der Waals surface area contributed by atoms with Crippen LogP contribution in [0, 0.1) is 0 Å². The number of carbonyl (C=O) groups excluding carboxylic acids is 1. The molecule has 0 saturated carbocycles. The van der Waals surface area contributed by atoms with Crippen LogP contribution in [0.1, 0.15) is 52.5 Å². The van der Waals surface area contributed by atoms with E-state index in [-0.39, 0.29) is 11.7 Å². The highest BCUT2D eigenvalue weighted by atomic mass is 32.1. The summed E-state index contributed by atoms with van der Waals surface area (Å²) in [5.74, 6) is 0. The van der Waals surface area contributed by atoms with Gasteiger partial charge in [-0.2, -0.15) is 11.3 Å². The largest absolute Gasteiger partial charge is 0.444 e. The summed E-state index contributed by atoms with van der Waals surface area (Å²) >= 11 is 1.72. The van der Waals surface area contributed by atoms with Crippen LogP contribution in [-0.4, -0.2) is 41.9 Å². The molecule has 0 radical (unpaired) electrons. The molecule has 0 bridgehead atoms. The van der Waals surface area contributed by atoms with Crippen LogP contribution in [0.25, 0.3) is 0 Å². The summed E-state index contributed by atoms with van der Waals surface area (Å²) in [5.41, 5.74) is 0.634. The number of thiophene rings is 1. The van der Waals surface area contributed by atoms with Gasteiger partial charge in [-0.15, -0.1) is 0 Å². The third-order valence-corrected chi connectivity index (χ3v) is 4.95. The van der Waals surface area contributed by atoms with Crippen molar-refractivity contribution in [2.24, 2.45) is 0 Å². The van der Waals surface area contributed by atoms with E-state index < -0.39 is 5.60 Å². The van der Waals surface area contributed by atoms with Gasteiger partial charge in [0.2, 0.25) is 0 Å². The summed E-state index contributed by atoms with van der Waals surface area (Å²) < 4.78 is 11.8. The van der Waals surface area contributed by atoms with Gasteiger partial charge in [0.15, 0.2) is 0 Å². The number of rotatable bonds is 5. The van der Waals surface area contributed by atoms with Crippen molar-refractivity contribution in [1.29, 1.82) is 0 Å². The second kappa shape index (κ2) is 7.67. The van der Waals surface area contributed by atoms with Gasteiger partial charge in [-0.25, -0.2) is 4.79 Å². The summed E-state index contributed by atoms with van der Waals surface area (Å²) in [7, 11) is 0. The topological polar surface area (TPSA) is 38.8 Å². The van der Waals surface area contributed by atoms with Crippen molar-refractivity contribution in [2.75, 3.05) is 19.7 Å². The molecule has 4 nitrogen and oxygen atoms in total. The summed E-state index contributed by atoms with van der Waals surface area (Å²) in [5, 5.41) is 4.26. The molecule has 130 valence electrons. The zero-order valence-corrected chi connectivity index (χ0v) is 15.6. The number of carbonyl (C=O) groups is 1. The molecule has 23 heavy (non-hydrogen) atoms. The molecule has 1 aromatic heterocycles. The Morgan fingerprint density at radius 1 is 1.43 bits per heavy atom. The van der Waals surface area contributed by atoms with Crippen molar-refractivity contribution in [3.05, 3.63) is 22.4 Å². The van der Waals surface area contributed by atoms with E-state index in [1.165, 1.54) is 5.56 Å². The second-order valence-electron chi connectivity index (χ2n) is 7.27. The van der Waals surface area contributed by atoms with Gasteiger partial charge in [0.25, 0.3) is 0 Å². The Hall–Kier alpha value is -1.07. The molecular weight excluding hydrogens is 310 g/mol. The highest BCUT2D eigenvalue weighted by Gasteiger charge is 2.38. The van der Waals surface area contributed by atoms with Crippen LogP contribution in [0.4, 0.5) is 4.79 Å². The minimum atomic E-state index is -0.455. The van der Waals surface area contributed by atoms with Crippen LogP contribution in [0.2, 0.25) is 0 Å². The van der Waals surface area contributed by atoms with E-state index in [0.29, 0.717) is 13.2 Å². The van der Waals surface area contributed by atoms with E-state index in [2.05, 4.69) is 23.8 Å². The molecule has 1 fully saturated rings. The molecule has 1 aliphatic rings. The number of hydrogen-bond acceptors (Lipinski definition) is 4. The molecule has 1 atom stereocenters. The van der Waals surface area contributed by atoms with Crippen LogP contribution in [0.3, 0.4) is 0 Å². The highest BCUT2D eigenvalue weighted by Crippen LogP contribution is 2.29. The lowest BCUT2D eigenvalue weighted by Crippen LogP contribution is -2.52. The molecule has 0 aliphatic carbocycles. The molecule has 1 aromatic rings. The van der Waals surface area contributed by atoms with Gasteiger partial charge in [0.05, 0.1) is 18.8 Å². The van der Waals surface area contributed by atoms with Crippen molar-refractivity contribution in [1.82, 2.24) is 4.90 Å². The average Bonchev–Trinajstić information content (AvgIpc) is 2.99. The summed E-state index contributed by atoms with van der Waals surface area (Å²) in [6.07, 6.45) is 3.59. The lowest BCUT2D eigenvalue weighted by Gasteiger charge is -2.42. The maximum Gasteiger partial charge on any atom is 0.410 e. The van der Waals surface area contributed by atoms with E-state index in [4.69, 9.17) is 9.47 Å². The van der Waals surface area contributed by atoms with E-state index in [1.54, 1.807) is 11.3 Å². The summed E-state index contributed by atoms with van der Waals surface area (Å²) in [6.45, 7) is 9.93. The Labute approximate surface area is 143 Å². The number of nitrogens with zero attached hydrogens (tertiary/aromatic N) is 1. The van der Waals surface area contributed by atoms with Gasteiger partial charge in [0.1, 0.15) is 5.60 Å². The Balaban J connectivity index is 1.90. The predicted molar refractivity (Wildman–Crippen MR) is 94.0 cm³/mol. The van der Waals surface area contributed by atoms with Crippen LogP contribution in [0.15, 0.2) is 16.8 Å². The van der Waals surface area contributed by atoms with E-state index in [0.717, 1.165) is 32.2 Å². The molecule has 1 unspecified atom stereocenters. The number of amides is 1. The monoisotopic (exact) mass is 339 g/mol. The Bertz CT molecular complexity index is 495. The molecule has 1 aliphatic heterocycles. The van der Waals surface area contributed by atoms with Gasteiger partial charge >= 0.3 is 6.09 Å². The first-order valence-corrected chi connectivity index (χ1v) is 9.41. The summed E-state index contributed by atoms with van der Waals surface area (Å²) in [4.78, 5) is 14.1. The van der Waals surface area contributed by atoms with Crippen LogP contribution in [-0.2, 0) is 15.9 Å². The standard InChI is InChI=1S/C18H29NO3S/c1-5-18(21-11-7-15-8-12-23-13-15)9-6-10-19(14-18)16(20)22-17(2,3)4/h8,12-13H,5-7,9-11,14H2,1-4H3. The molecule has 5 heteroatoms. The van der Waals surface area contributed by atoms with Gasteiger partial charge in [-0.1, -0.05) is 6.92 Å². The first-order valence-electron chi connectivity index (χ1n) is 8.46. The number of likely N-dealkylation sites (tertiary alicyclic amines) is 1. The smallest absolute Gasteiger partial charge is 0.410 e. The van der Waals surface area contributed by atoms with Crippen LogP contribution in [0.5, 0.6) is 0 Å². The Morgan fingerprint density at radius 2 is 2.22 bits per heavy atom. The number of ether oxygens (including phenoxy) is 2. The fourth-order valence-corrected chi connectivity index (χ4v) is 3.61. The molecule has 1 saturated heterocycles. The molecular formula is C18H29NO3S. The predicted octanol–water partition coefficient (Wildman–Crippen LogP) is 4.49. The number of hydrogen-bond donors (Lipinski definition) is 0. The quantitative estimate of drug-likeness (QED) is 0.793. The number of piperidine rings is 1. The maximum atomic E-state index is 12.3. The minimum Gasteiger partial charge on any atom is -0.444 e. The molecule has 2 heterocycles. The van der Waals surface area contributed by atoms with Crippen molar-refractivity contribution >= 4 is 17.4 Å². The molecule has 0 aromatic carbocycles. The van der Waals surface area contributed by atoms with Crippen molar-refractivity contribution in [2.45, 2.75) is 64.6 Å². The minimum absolute atomic E-state index is 0.226. The molecule has 1 amide bonds. The van der Waals surface area contributed by atoms with Crippen molar-refractivity contribution in [3.8, 4) is 0 Å². The van der Waals surface area contributed by atoms with Gasteiger partial charge < -0.3 is 14.4 Å². The van der Waals surface area contributed by atoms with Crippen LogP contribution < -0.4 is 0 Å². The SMILES string of the molecule is CCC1(OCCc2ccsc2)CCCN(C(=O)OC(C)(C)C)C1. The lowest BCUT2D eigenvalue weighted by atomic mass is 9.90. The van der Waals surface area contributed by atoms with Crippen molar-refractivity contribution in [3.63, 3.8) is 0 Å². The zero-order valence-electron chi connectivity index (χ0n) is 14.8. The first-order chi connectivity index (χ1) is 10.8. The van der Waals surface area contributed by atoms with E-state index >= 15 is 0 Å². The third kappa shape index (κ3) is 5.50. The first kappa shape index (κ1) is 18.3. The zero-order chi connectivity index (χ0) is 16.9. The molecule has 2 rings (SSSR count). The molecule has 0 N–H and O–H groups in total. The Morgan fingerprint density at radius 3 is 2.83 bits per heavy atom. The van der Waals surface area contributed by atoms with Gasteiger partial charge in [-0.3, -0.25) is 0 Å². The van der Waals surface area contributed by atoms with Crippen molar-refractivity contribution < 1.29 is 14.3 Å². The maximum absolute atomic E-state index is 12.3. The third-order valence-electron chi connectivity index (χ3n) is 4.21. The average molecular weight is 340 g/mol. The highest BCUT2D eigenvalue weighted by molar-refractivity contribution is 7.07. The van der Waals surface area contributed by atoms with Crippen LogP contribution >= 0.6 is 11.3 Å². The van der Waals surface area contributed by atoms with Gasteiger partial charge in [0, 0.05) is 6.54 Å². The lowest BCUT2D eigenvalue weighted by molar-refractivity contribution is -0.0923. The Kier molecular flexibility index (Phi) is 6.09. The van der Waals surface area contributed by atoms with Gasteiger partial charge in [-0.05, 0) is 68.8 Å². The van der Waals surface area contributed by atoms with E-state index in [9.17, 15) is 4.79 Å². The fourth-order valence-electron chi connectivity index (χ4n) is 2.91. The fraction of sp³-hybridized carbons (Fsp3) is 0.722. The second-order valence-corrected chi connectivity index (χ2v) is 8.05.